The molecule has 152 valence electrons. The maximum atomic E-state index is 12.5. The first-order valence-electron chi connectivity index (χ1n) is 9.80. The van der Waals surface area contributed by atoms with E-state index in [0.29, 0.717) is 24.1 Å². The number of allylic oxidation sites excluding steroid dienone is 1. The summed E-state index contributed by atoms with van der Waals surface area (Å²) in [7, 11) is 1.63. The fraction of sp³-hybridized carbons (Fsp3) is 0.364. The monoisotopic (exact) mass is 392 g/mol. The summed E-state index contributed by atoms with van der Waals surface area (Å²) in [6.07, 6.45) is 7.05. The summed E-state index contributed by atoms with van der Waals surface area (Å²) in [6.45, 7) is 4.21. The largest absolute Gasteiger partial charge is 0.403 e. The van der Waals surface area contributed by atoms with Gasteiger partial charge in [-0.1, -0.05) is 25.1 Å². The van der Waals surface area contributed by atoms with Gasteiger partial charge >= 0.3 is 0 Å². The summed E-state index contributed by atoms with van der Waals surface area (Å²) >= 11 is 0. The third-order valence-corrected chi connectivity index (χ3v) is 5.26. The van der Waals surface area contributed by atoms with Crippen LogP contribution in [0.4, 0.5) is 0 Å². The van der Waals surface area contributed by atoms with Crippen LogP contribution < -0.4 is 11.1 Å². The number of rotatable bonds is 6. The molecule has 2 aromatic rings. The quantitative estimate of drug-likeness (QED) is 0.656. The molecule has 0 bridgehead atoms. The molecule has 1 aliphatic rings. The minimum Gasteiger partial charge on any atom is -0.403 e. The molecule has 0 unspecified atom stereocenters. The van der Waals surface area contributed by atoms with Crippen LogP contribution in [-0.2, 0) is 4.79 Å². The van der Waals surface area contributed by atoms with Gasteiger partial charge in [0, 0.05) is 55.9 Å². The second kappa shape index (κ2) is 9.43. The van der Waals surface area contributed by atoms with Gasteiger partial charge < -0.3 is 16.5 Å². The van der Waals surface area contributed by atoms with E-state index in [1.165, 1.54) is 24.2 Å². The van der Waals surface area contributed by atoms with Crippen LogP contribution in [0.5, 0.6) is 0 Å². The SMILES string of the molecule is CN=CC(=CN)NC(=O)CN1C[C@H](C)C[C@H](c2ccc(C=N)c3ncccc23)C1. The van der Waals surface area contributed by atoms with Crippen molar-refractivity contribution < 1.29 is 4.79 Å². The Morgan fingerprint density at radius 1 is 1.41 bits per heavy atom. The molecular weight excluding hydrogens is 364 g/mol. The van der Waals surface area contributed by atoms with Crippen LogP contribution >= 0.6 is 0 Å². The first-order valence-corrected chi connectivity index (χ1v) is 9.80. The maximum absolute atomic E-state index is 12.5. The number of nitrogens with zero attached hydrogens (tertiary/aromatic N) is 3. The molecule has 0 spiro atoms. The summed E-state index contributed by atoms with van der Waals surface area (Å²) in [4.78, 5) is 23.0. The molecule has 29 heavy (non-hydrogen) atoms. The first kappa shape index (κ1) is 20.7. The number of amides is 1. The van der Waals surface area contributed by atoms with Crippen LogP contribution in [0.3, 0.4) is 0 Å². The van der Waals surface area contributed by atoms with Crippen molar-refractivity contribution >= 4 is 29.2 Å². The van der Waals surface area contributed by atoms with Crippen molar-refractivity contribution in [3.8, 4) is 0 Å². The lowest BCUT2D eigenvalue weighted by molar-refractivity contribution is -0.121. The highest BCUT2D eigenvalue weighted by atomic mass is 16.2. The van der Waals surface area contributed by atoms with Gasteiger partial charge in [-0.15, -0.1) is 0 Å². The lowest BCUT2D eigenvalue weighted by atomic mass is 9.83. The third-order valence-electron chi connectivity index (χ3n) is 5.26. The van der Waals surface area contributed by atoms with Gasteiger partial charge in [0.1, 0.15) is 0 Å². The van der Waals surface area contributed by atoms with Crippen LogP contribution in [0.2, 0.25) is 0 Å². The molecule has 3 rings (SSSR count). The second-order valence-electron chi connectivity index (χ2n) is 7.58. The molecule has 0 radical (unpaired) electrons. The topological polar surface area (TPSA) is 107 Å². The predicted octanol–water partition coefficient (Wildman–Crippen LogP) is 2.27. The van der Waals surface area contributed by atoms with Crippen LogP contribution in [-0.4, -0.2) is 54.9 Å². The molecular formula is C22H28N6O. The number of pyridine rings is 1. The molecule has 1 saturated heterocycles. The molecule has 1 aliphatic heterocycles. The Labute approximate surface area is 171 Å². The van der Waals surface area contributed by atoms with E-state index in [9.17, 15) is 4.79 Å². The van der Waals surface area contributed by atoms with Crippen molar-refractivity contribution in [3.05, 3.63) is 53.5 Å². The number of likely N-dealkylation sites (tertiary alicyclic amines) is 1. The number of hydrogen-bond acceptors (Lipinski definition) is 6. The van der Waals surface area contributed by atoms with Crippen LogP contribution in [0, 0.1) is 11.3 Å². The van der Waals surface area contributed by atoms with E-state index >= 15 is 0 Å². The third kappa shape index (κ3) is 4.86. The fourth-order valence-corrected chi connectivity index (χ4v) is 4.16. The zero-order chi connectivity index (χ0) is 20.8. The number of fused-ring (bicyclic) bond motifs is 1. The number of nitrogens with one attached hydrogen (secondary N) is 2. The highest BCUT2D eigenvalue weighted by Gasteiger charge is 2.28. The van der Waals surface area contributed by atoms with Crippen molar-refractivity contribution in [2.24, 2.45) is 16.6 Å². The van der Waals surface area contributed by atoms with E-state index in [1.807, 2.05) is 12.1 Å². The molecule has 1 fully saturated rings. The summed E-state index contributed by atoms with van der Waals surface area (Å²) < 4.78 is 0. The van der Waals surface area contributed by atoms with Gasteiger partial charge in [0.25, 0.3) is 0 Å². The highest BCUT2D eigenvalue weighted by Crippen LogP contribution is 2.34. The van der Waals surface area contributed by atoms with Gasteiger partial charge in [-0.2, -0.15) is 0 Å². The maximum Gasteiger partial charge on any atom is 0.238 e. The Hall–Kier alpha value is -3.06. The van der Waals surface area contributed by atoms with Gasteiger partial charge in [0.05, 0.1) is 17.8 Å². The van der Waals surface area contributed by atoms with Gasteiger partial charge in [-0.3, -0.25) is 19.7 Å². The van der Waals surface area contributed by atoms with Crippen LogP contribution in [0.1, 0.15) is 30.4 Å². The lowest BCUT2D eigenvalue weighted by Gasteiger charge is -2.36. The van der Waals surface area contributed by atoms with Gasteiger partial charge in [0.15, 0.2) is 0 Å². The molecule has 7 nitrogen and oxygen atoms in total. The molecule has 0 saturated carbocycles. The van der Waals surface area contributed by atoms with E-state index in [2.05, 4.69) is 39.2 Å². The number of hydrogen-bond donors (Lipinski definition) is 3. The van der Waals surface area contributed by atoms with Crippen molar-refractivity contribution in [2.75, 3.05) is 26.7 Å². The van der Waals surface area contributed by atoms with Gasteiger partial charge in [-0.05, 0) is 29.9 Å². The number of carbonyl (C=O) groups excluding carboxylic acids is 1. The highest BCUT2D eigenvalue weighted by molar-refractivity contribution is 5.98. The Balaban J connectivity index is 1.79. The standard InChI is InChI=1S/C22H28N6O/c1-15-8-17(13-28(12-15)14-21(29)27-18(10-24)11-25-2)19-6-5-16(9-23)22-20(19)4-3-7-26-22/h3-7,9-11,15,17,23H,8,12-14,24H2,1-2H3,(H,27,29)/t15-,17+/m1/s1. The Morgan fingerprint density at radius 3 is 2.97 bits per heavy atom. The molecule has 0 aliphatic carbocycles. The van der Waals surface area contributed by atoms with E-state index in [1.54, 1.807) is 13.2 Å². The van der Waals surface area contributed by atoms with Crippen molar-refractivity contribution in [1.29, 1.82) is 5.41 Å². The van der Waals surface area contributed by atoms with Crippen molar-refractivity contribution in [1.82, 2.24) is 15.2 Å². The first-order chi connectivity index (χ1) is 14.0. The molecule has 1 aromatic heterocycles. The molecule has 2 atom stereocenters. The molecule has 1 aromatic carbocycles. The normalized spacial score (nSPS) is 20.8. The molecule has 2 heterocycles. The zero-order valence-electron chi connectivity index (χ0n) is 16.9. The second-order valence-corrected chi connectivity index (χ2v) is 7.58. The van der Waals surface area contributed by atoms with E-state index in [4.69, 9.17) is 11.1 Å². The average molecular weight is 393 g/mol. The number of carbonyl (C=O) groups is 1. The number of nitrogens with two attached hydrogens (primary N) is 1. The minimum atomic E-state index is -0.0971. The molecule has 7 heteroatoms. The number of aliphatic imine (C=N–C) groups is 1. The molecule has 1 amide bonds. The lowest BCUT2D eigenvalue weighted by Crippen LogP contribution is -2.44. The fourth-order valence-electron chi connectivity index (χ4n) is 4.16. The summed E-state index contributed by atoms with van der Waals surface area (Å²) in [5, 5.41) is 11.5. The average Bonchev–Trinajstić information content (AvgIpc) is 2.72. The van der Waals surface area contributed by atoms with Crippen molar-refractivity contribution in [2.45, 2.75) is 19.3 Å². The Kier molecular flexibility index (Phi) is 6.72. The number of piperidine rings is 1. The predicted molar refractivity (Wildman–Crippen MR) is 117 cm³/mol. The smallest absolute Gasteiger partial charge is 0.238 e. The van der Waals surface area contributed by atoms with Gasteiger partial charge in [0.2, 0.25) is 5.91 Å². The number of benzene rings is 1. The minimum absolute atomic E-state index is 0.0971. The van der Waals surface area contributed by atoms with E-state index in [0.717, 1.165) is 36.0 Å². The molecule has 4 N–H and O–H groups in total. The van der Waals surface area contributed by atoms with E-state index < -0.39 is 0 Å². The van der Waals surface area contributed by atoms with Crippen LogP contribution in [0.25, 0.3) is 10.9 Å². The summed E-state index contributed by atoms with van der Waals surface area (Å²) in [5.41, 5.74) is 8.95. The summed E-state index contributed by atoms with van der Waals surface area (Å²) in [6, 6.07) is 8.09. The summed E-state index contributed by atoms with van der Waals surface area (Å²) in [5.74, 6) is 0.678. The van der Waals surface area contributed by atoms with E-state index in [-0.39, 0.29) is 5.91 Å². The zero-order valence-corrected chi connectivity index (χ0v) is 16.9. The van der Waals surface area contributed by atoms with Gasteiger partial charge in [-0.25, -0.2) is 0 Å². The Morgan fingerprint density at radius 2 is 2.24 bits per heavy atom. The number of aromatic nitrogens is 1. The van der Waals surface area contributed by atoms with Crippen LogP contribution in [0.15, 0.2) is 47.4 Å². The Bertz CT molecular complexity index is 951. The van der Waals surface area contributed by atoms with Crippen molar-refractivity contribution in [3.63, 3.8) is 0 Å².